The number of carboxylic acids is 1. The molecule has 0 fully saturated rings. The van der Waals surface area contributed by atoms with Gasteiger partial charge in [0, 0.05) is 28.3 Å². The summed E-state index contributed by atoms with van der Waals surface area (Å²) in [6, 6.07) is 18.1. The first kappa shape index (κ1) is 50.9. The molecular weight excluding hydrogens is 1000 g/mol. The number of nitrogens with one attached hydrogen (secondary N) is 2. The number of phenolic OH excluding ortho intramolecular Hbond substituents is 1. The molecule has 0 atom stereocenters. The Kier molecular flexibility index (Phi) is 17.0. The maximum absolute atomic E-state index is 12.9. The molecule has 0 aliphatic carbocycles. The smallest absolute Gasteiger partial charge is 0.399 e. The number of sulfone groups is 1. The zero-order valence-corrected chi connectivity index (χ0v) is 37.4. The van der Waals surface area contributed by atoms with Crippen molar-refractivity contribution in [3.8, 4) is 5.75 Å². The van der Waals surface area contributed by atoms with Crippen LogP contribution in [0.1, 0.15) is 21.5 Å². The molecule has 30 heteroatoms. The Morgan fingerprint density at radius 1 is 0.828 bits per heavy atom. The van der Waals surface area contributed by atoms with Gasteiger partial charge in [-0.3, -0.25) is 12.9 Å². The van der Waals surface area contributed by atoms with Gasteiger partial charge in [0.15, 0.2) is 15.7 Å². The second-order valence-corrected chi connectivity index (χ2v) is 19.2. The van der Waals surface area contributed by atoms with E-state index in [1.54, 1.807) is 18.2 Å². The average Bonchev–Trinajstić information content (AvgIpc) is 3.21. The number of nitrogens with zero attached hydrogens (tertiary/aromatic N) is 7. The fraction of sp³-hybridized carbons (Fsp3) is 0.147. The Hall–Kier alpha value is -5.72. The first-order valence-corrected chi connectivity index (χ1v) is 23.4. The van der Waals surface area contributed by atoms with Gasteiger partial charge in [-0.05, 0) is 59.6 Å². The summed E-state index contributed by atoms with van der Waals surface area (Å²) in [7, 11) is -15.6. The van der Waals surface area contributed by atoms with Gasteiger partial charge in [0.2, 0.25) is 17.2 Å². The topological polar surface area (TPSA) is 356 Å². The zero-order chi connectivity index (χ0) is 46.2. The van der Waals surface area contributed by atoms with Gasteiger partial charge in [-0.15, -0.1) is 10.2 Å². The summed E-state index contributed by atoms with van der Waals surface area (Å²) in [5.41, 5.74) is 2.87. The van der Waals surface area contributed by atoms with Gasteiger partial charge in [-0.1, -0.05) is 48.2 Å². The van der Waals surface area contributed by atoms with E-state index < -0.39 is 91.7 Å². The van der Waals surface area contributed by atoms with Crippen LogP contribution in [0, 0.1) is 0 Å². The van der Waals surface area contributed by atoms with Crippen LogP contribution in [0.15, 0.2) is 110 Å². The van der Waals surface area contributed by atoms with Gasteiger partial charge >= 0.3 is 16.4 Å². The molecule has 0 saturated heterocycles. The molecule has 24 nitrogen and oxygen atoms in total. The second kappa shape index (κ2) is 21.3. The van der Waals surface area contributed by atoms with Crippen LogP contribution in [0.4, 0.5) is 34.6 Å². The predicted octanol–water partition coefficient (Wildman–Crippen LogP) is 4.97. The van der Waals surface area contributed by atoms with E-state index in [9.17, 15) is 53.2 Å². The number of amidine groups is 1. The van der Waals surface area contributed by atoms with E-state index in [1.165, 1.54) is 36.4 Å². The van der Waals surface area contributed by atoms with E-state index in [0.29, 0.717) is 0 Å². The molecule has 0 unspecified atom stereocenters. The molecule has 0 aliphatic heterocycles. The number of aromatic nitrogens is 3. The number of aromatic hydroxyl groups is 1. The van der Waals surface area contributed by atoms with Crippen LogP contribution in [-0.4, -0.2) is 102 Å². The number of azo groups is 1. The van der Waals surface area contributed by atoms with E-state index >= 15 is 0 Å². The predicted molar refractivity (Wildman–Crippen MR) is 223 cm³/mol. The number of hydrogen-bond donors (Lipinski definition) is 5. The van der Waals surface area contributed by atoms with Crippen molar-refractivity contribution in [3.63, 3.8) is 0 Å². The quantitative estimate of drug-likeness (QED) is 0.0106. The van der Waals surface area contributed by atoms with Crippen molar-refractivity contribution in [3.05, 3.63) is 112 Å². The third kappa shape index (κ3) is 14.1. The van der Waals surface area contributed by atoms with Crippen molar-refractivity contribution in [2.75, 3.05) is 37.2 Å². The van der Waals surface area contributed by atoms with Gasteiger partial charge in [-0.2, -0.15) is 40.2 Å². The van der Waals surface area contributed by atoms with Crippen molar-refractivity contribution in [1.29, 1.82) is 0 Å². The molecular formula is C34H31ClCuN9O15S4-. The van der Waals surface area contributed by atoms with E-state index in [-0.39, 0.29) is 67.9 Å². The van der Waals surface area contributed by atoms with Crippen LogP contribution in [-0.2, 0) is 75.8 Å². The van der Waals surface area contributed by atoms with Crippen LogP contribution < -0.4 is 10.6 Å². The summed E-state index contributed by atoms with van der Waals surface area (Å²) in [6.45, 7) is -0.699. The Morgan fingerprint density at radius 3 is 2.09 bits per heavy atom. The molecule has 64 heavy (non-hydrogen) atoms. The van der Waals surface area contributed by atoms with Gasteiger partial charge in [0.25, 0.3) is 20.2 Å². The molecule has 345 valence electrons. The third-order valence-electron chi connectivity index (χ3n) is 7.86. The minimum atomic E-state index is -4.51. The SMILES string of the molecule is COS(=O)(=O)OCCS(=O)(=O)c1ccc(Nc2nc(Cl)nc(Nc3cc(S(=O)(=O)OC)cc([N-]N=C(N=Nc4cc(CS(=O)(=O)O)ccc4C(=O)O)c4ccccc4)c3O)n2)cc1.[Cu]. The molecule has 5 N–H and O–H groups in total. The number of phenols is 1. The molecule has 1 heterocycles. The van der Waals surface area contributed by atoms with Gasteiger partial charge in [-0.25, -0.2) is 17.4 Å². The van der Waals surface area contributed by atoms with Gasteiger partial charge in [0.1, 0.15) is 17.2 Å². The minimum absolute atomic E-state index is 0. The Morgan fingerprint density at radius 2 is 1.48 bits per heavy atom. The Bertz CT molecular complexity index is 3040. The molecule has 1 aromatic heterocycles. The second-order valence-electron chi connectivity index (χ2n) is 12.2. The molecule has 0 spiro atoms. The normalized spacial score (nSPS) is 12.4. The number of benzene rings is 4. The van der Waals surface area contributed by atoms with Crippen LogP contribution >= 0.6 is 11.6 Å². The van der Waals surface area contributed by atoms with Crippen LogP contribution in [0.25, 0.3) is 5.43 Å². The standard InChI is InChI=1S/C34H32ClN9O15S4.Cu/c1-57-62(53,54)24-17-27(37-34-39-32(35)38-33(40-34)36-22-9-11-23(12-10-22)60(48,49)15-14-59-63(55,56)58-2)29(45)28(18-24)42-44-30(21-6-4-3-5-7-21)43-41-26-16-20(19-61(50,51)52)8-13-25(26)31(46)47;/h3-13,16-18H,14-15,19H2,1-2H3,(H6,36,37,38,39,40,41,42,43,44,45,46,47,50,51,52);/p-1. The maximum Gasteiger partial charge on any atom is 0.399 e. The van der Waals surface area contributed by atoms with Gasteiger partial charge in [0.05, 0.1) is 47.6 Å². The minimum Gasteiger partial charge on any atom is -0.571 e. The fourth-order valence-corrected chi connectivity index (χ4v) is 7.99. The summed E-state index contributed by atoms with van der Waals surface area (Å²) < 4.78 is 119. The summed E-state index contributed by atoms with van der Waals surface area (Å²) in [6.07, 6.45) is 0. The van der Waals surface area contributed by atoms with Crippen molar-refractivity contribution in [2.24, 2.45) is 15.3 Å². The number of carboxylic acid groups (broad SMARTS) is 1. The van der Waals surface area contributed by atoms with Crippen LogP contribution in [0.3, 0.4) is 0 Å². The number of rotatable bonds is 19. The Labute approximate surface area is 380 Å². The van der Waals surface area contributed by atoms with Crippen molar-refractivity contribution in [1.82, 2.24) is 15.0 Å². The summed E-state index contributed by atoms with van der Waals surface area (Å²) in [5, 5.41) is 38.0. The van der Waals surface area contributed by atoms with Gasteiger partial charge < -0.3 is 31.4 Å². The number of carbonyl (C=O) groups is 1. The first-order chi connectivity index (χ1) is 29.6. The van der Waals surface area contributed by atoms with Crippen LogP contribution in [0.2, 0.25) is 5.28 Å². The number of hydrogen-bond acceptors (Lipinski definition) is 20. The number of halogens is 1. The largest absolute Gasteiger partial charge is 0.571 e. The molecule has 5 rings (SSSR count). The molecule has 0 aliphatic rings. The molecule has 1 radical (unpaired) electrons. The van der Waals surface area contributed by atoms with Crippen LogP contribution in [0.5, 0.6) is 5.75 Å². The molecule has 5 aromatic rings. The molecule has 0 saturated carbocycles. The third-order valence-corrected chi connectivity index (χ3v) is 12.5. The van der Waals surface area contributed by atoms with E-state index in [1.807, 2.05) is 0 Å². The fourth-order valence-electron chi connectivity index (χ4n) is 4.94. The molecule has 0 bridgehead atoms. The Balaban J connectivity index is 0.00000898. The average molecular weight is 1030 g/mol. The number of aromatic carboxylic acids is 1. The van der Waals surface area contributed by atoms with E-state index in [0.717, 1.165) is 44.6 Å². The monoisotopic (exact) mass is 1030 g/mol. The van der Waals surface area contributed by atoms with Crippen molar-refractivity contribution in [2.45, 2.75) is 15.5 Å². The first-order valence-electron chi connectivity index (χ1n) is 17.1. The van der Waals surface area contributed by atoms with E-state index in [4.69, 9.17) is 11.6 Å². The maximum atomic E-state index is 12.9. The van der Waals surface area contributed by atoms with Crippen molar-refractivity contribution >= 4 is 98.5 Å². The zero-order valence-electron chi connectivity index (χ0n) is 32.4. The molecule has 0 amide bonds. The van der Waals surface area contributed by atoms with Crippen molar-refractivity contribution < 1.29 is 82.8 Å². The van der Waals surface area contributed by atoms with E-state index in [2.05, 4.69) is 58.9 Å². The summed E-state index contributed by atoms with van der Waals surface area (Å²) >= 11 is 6.15. The summed E-state index contributed by atoms with van der Waals surface area (Å²) in [4.78, 5) is 23.3. The molecule has 4 aromatic carbocycles. The summed E-state index contributed by atoms with van der Waals surface area (Å²) in [5.74, 6) is -4.59. The number of anilines is 4.